The van der Waals surface area contributed by atoms with Gasteiger partial charge in [-0.15, -0.1) is 0 Å². The number of rotatable bonds is 2. The van der Waals surface area contributed by atoms with Crippen molar-refractivity contribution < 1.29 is 9.90 Å². The zero-order valence-corrected chi connectivity index (χ0v) is 9.62. The van der Waals surface area contributed by atoms with Crippen molar-refractivity contribution in [3.05, 3.63) is 0 Å². The molecule has 1 aliphatic carbocycles. The zero-order chi connectivity index (χ0) is 10.8. The lowest BCUT2D eigenvalue weighted by molar-refractivity contribution is 0.0864. The average molecular weight is 230 g/mol. The number of thiol groups is 1. The highest BCUT2D eigenvalue weighted by molar-refractivity contribution is 7.81. The van der Waals surface area contributed by atoms with Gasteiger partial charge < -0.3 is 10.4 Å². The first-order valence-corrected chi connectivity index (χ1v) is 6.08. The van der Waals surface area contributed by atoms with Gasteiger partial charge in [0.05, 0.1) is 0 Å². The summed E-state index contributed by atoms with van der Waals surface area (Å²) < 4.78 is 0. The topological polar surface area (TPSA) is 52.6 Å². The maximum absolute atomic E-state index is 10.5. The minimum Gasteiger partial charge on any atom is -0.465 e. The van der Waals surface area contributed by atoms with Gasteiger partial charge in [-0.2, -0.15) is 12.6 Å². The second-order valence-electron chi connectivity index (χ2n) is 4.57. The summed E-state index contributed by atoms with van der Waals surface area (Å²) in [6, 6.07) is 0.721. The van der Waals surface area contributed by atoms with E-state index >= 15 is 0 Å². The number of carboxylic acid groups (broad SMARTS) is 1. The highest BCUT2D eigenvalue weighted by atomic mass is 32.1. The lowest BCUT2D eigenvalue weighted by Crippen LogP contribution is -2.56. The van der Waals surface area contributed by atoms with Crippen LogP contribution in [-0.2, 0) is 0 Å². The smallest absolute Gasteiger partial charge is 0.404 e. The molecule has 0 aromatic rings. The van der Waals surface area contributed by atoms with Crippen LogP contribution in [0, 0.1) is 0 Å². The van der Waals surface area contributed by atoms with E-state index in [1.54, 1.807) is 0 Å². The Morgan fingerprint density at radius 2 is 2.13 bits per heavy atom. The van der Waals surface area contributed by atoms with E-state index in [1.165, 1.54) is 6.42 Å². The summed E-state index contributed by atoms with van der Waals surface area (Å²) in [7, 11) is 0. The average Bonchev–Trinajstić information content (AvgIpc) is 2.12. The third-order valence-electron chi connectivity index (χ3n) is 3.38. The van der Waals surface area contributed by atoms with Crippen molar-refractivity contribution in [3.63, 3.8) is 0 Å². The second kappa shape index (κ2) is 4.61. The second-order valence-corrected chi connectivity index (χ2v) is 5.30. The SMILES string of the molecule is O=C(O)N[C@H]1CCC[C@@H](N2CC(S)C2)C1. The maximum Gasteiger partial charge on any atom is 0.404 e. The van der Waals surface area contributed by atoms with E-state index in [9.17, 15) is 4.79 Å². The van der Waals surface area contributed by atoms with E-state index in [2.05, 4.69) is 22.8 Å². The van der Waals surface area contributed by atoms with E-state index in [0.29, 0.717) is 11.3 Å². The molecule has 2 atom stereocenters. The number of amides is 1. The Hall–Kier alpha value is -0.420. The van der Waals surface area contributed by atoms with E-state index in [0.717, 1.165) is 32.4 Å². The van der Waals surface area contributed by atoms with Crippen molar-refractivity contribution in [2.24, 2.45) is 0 Å². The Labute approximate surface area is 95.4 Å². The predicted octanol–water partition coefficient (Wildman–Crippen LogP) is 1.18. The monoisotopic (exact) mass is 230 g/mol. The molecule has 0 radical (unpaired) electrons. The van der Waals surface area contributed by atoms with Gasteiger partial charge in [0.25, 0.3) is 0 Å². The number of carbonyl (C=O) groups is 1. The standard InChI is InChI=1S/C10H18N2O2S/c13-10(14)11-7-2-1-3-8(4-7)12-5-9(15)6-12/h7-9,11,15H,1-6H2,(H,13,14)/t7-,8+/m0/s1. The Morgan fingerprint density at radius 3 is 2.73 bits per heavy atom. The van der Waals surface area contributed by atoms with Gasteiger partial charge in [-0.25, -0.2) is 4.79 Å². The molecule has 2 aliphatic rings. The van der Waals surface area contributed by atoms with Gasteiger partial charge >= 0.3 is 6.09 Å². The maximum atomic E-state index is 10.5. The minimum atomic E-state index is -0.892. The molecule has 1 amide bonds. The van der Waals surface area contributed by atoms with Crippen LogP contribution in [0.2, 0.25) is 0 Å². The molecular weight excluding hydrogens is 212 g/mol. The molecule has 0 bridgehead atoms. The Bertz CT molecular complexity index is 244. The summed E-state index contributed by atoms with van der Waals surface area (Å²) in [5.74, 6) is 0. The molecule has 1 aliphatic heterocycles. The van der Waals surface area contributed by atoms with E-state index < -0.39 is 6.09 Å². The molecular formula is C10H18N2O2S. The van der Waals surface area contributed by atoms with Gasteiger partial charge in [0.1, 0.15) is 0 Å². The minimum absolute atomic E-state index is 0.153. The Morgan fingerprint density at radius 1 is 1.40 bits per heavy atom. The highest BCUT2D eigenvalue weighted by Crippen LogP contribution is 2.27. The molecule has 2 rings (SSSR count). The number of nitrogens with zero attached hydrogens (tertiary/aromatic N) is 1. The van der Waals surface area contributed by atoms with Crippen LogP contribution >= 0.6 is 12.6 Å². The fourth-order valence-electron chi connectivity index (χ4n) is 2.59. The molecule has 1 saturated carbocycles. The first-order valence-electron chi connectivity index (χ1n) is 5.56. The lowest BCUT2D eigenvalue weighted by Gasteiger charge is -2.45. The summed E-state index contributed by atoms with van der Waals surface area (Å²) in [6.45, 7) is 2.13. The highest BCUT2D eigenvalue weighted by Gasteiger charge is 2.33. The molecule has 15 heavy (non-hydrogen) atoms. The number of hydrogen-bond donors (Lipinski definition) is 3. The molecule has 1 heterocycles. The van der Waals surface area contributed by atoms with Gasteiger partial charge in [0.2, 0.25) is 0 Å². The van der Waals surface area contributed by atoms with Crippen molar-refractivity contribution >= 4 is 18.7 Å². The van der Waals surface area contributed by atoms with Crippen LogP contribution in [0.25, 0.3) is 0 Å². The first kappa shape index (κ1) is 11.1. The number of nitrogens with one attached hydrogen (secondary N) is 1. The summed E-state index contributed by atoms with van der Waals surface area (Å²) >= 11 is 4.39. The molecule has 0 aromatic heterocycles. The van der Waals surface area contributed by atoms with Crippen LogP contribution in [0.15, 0.2) is 0 Å². The van der Waals surface area contributed by atoms with Crippen molar-refractivity contribution in [1.82, 2.24) is 10.2 Å². The third kappa shape index (κ3) is 2.78. The van der Waals surface area contributed by atoms with Gasteiger partial charge in [-0.1, -0.05) is 0 Å². The van der Waals surface area contributed by atoms with Crippen molar-refractivity contribution in [2.45, 2.75) is 43.0 Å². The fourth-order valence-corrected chi connectivity index (χ4v) is 3.01. The van der Waals surface area contributed by atoms with Crippen LogP contribution in [0.1, 0.15) is 25.7 Å². The quantitative estimate of drug-likeness (QED) is 0.624. The molecule has 2 fully saturated rings. The van der Waals surface area contributed by atoms with Gasteiger partial charge in [0, 0.05) is 30.4 Å². The van der Waals surface area contributed by atoms with Gasteiger partial charge in [0.15, 0.2) is 0 Å². The molecule has 0 unspecified atom stereocenters. The van der Waals surface area contributed by atoms with Gasteiger partial charge in [-0.05, 0) is 25.7 Å². The predicted molar refractivity (Wildman–Crippen MR) is 61.6 cm³/mol. The summed E-state index contributed by atoms with van der Waals surface area (Å²) in [4.78, 5) is 13.0. The van der Waals surface area contributed by atoms with Crippen molar-refractivity contribution in [3.8, 4) is 0 Å². The molecule has 0 spiro atoms. The fraction of sp³-hybridized carbons (Fsp3) is 0.900. The molecule has 2 N–H and O–H groups in total. The van der Waals surface area contributed by atoms with Crippen molar-refractivity contribution in [1.29, 1.82) is 0 Å². The van der Waals surface area contributed by atoms with Crippen molar-refractivity contribution in [2.75, 3.05) is 13.1 Å². The molecule has 5 heteroatoms. The normalized spacial score (nSPS) is 33.4. The molecule has 4 nitrogen and oxygen atoms in total. The Balaban J connectivity index is 1.79. The zero-order valence-electron chi connectivity index (χ0n) is 8.72. The summed E-state index contributed by atoms with van der Waals surface area (Å²) in [5.41, 5.74) is 0. The first-order chi connectivity index (χ1) is 7.15. The van der Waals surface area contributed by atoms with E-state index in [1.807, 2.05) is 0 Å². The van der Waals surface area contributed by atoms with Crippen LogP contribution in [0.4, 0.5) is 4.79 Å². The largest absolute Gasteiger partial charge is 0.465 e. The van der Waals surface area contributed by atoms with Gasteiger partial charge in [-0.3, -0.25) is 4.90 Å². The summed E-state index contributed by atoms with van der Waals surface area (Å²) in [5, 5.41) is 11.8. The van der Waals surface area contributed by atoms with E-state index in [4.69, 9.17) is 5.11 Å². The number of hydrogen-bond acceptors (Lipinski definition) is 3. The third-order valence-corrected chi connectivity index (χ3v) is 3.71. The lowest BCUT2D eigenvalue weighted by atomic mass is 9.88. The van der Waals surface area contributed by atoms with Crippen LogP contribution < -0.4 is 5.32 Å². The number of likely N-dealkylation sites (tertiary alicyclic amines) is 1. The Kier molecular flexibility index (Phi) is 3.41. The molecule has 0 aromatic carbocycles. The van der Waals surface area contributed by atoms with Crippen LogP contribution in [0.5, 0.6) is 0 Å². The molecule has 1 saturated heterocycles. The van der Waals surface area contributed by atoms with Crippen LogP contribution in [0.3, 0.4) is 0 Å². The van der Waals surface area contributed by atoms with E-state index in [-0.39, 0.29) is 6.04 Å². The van der Waals surface area contributed by atoms with Crippen LogP contribution in [-0.4, -0.2) is 46.5 Å². The summed E-state index contributed by atoms with van der Waals surface area (Å²) in [6.07, 6.45) is 3.39. The molecule has 86 valence electrons.